The van der Waals surface area contributed by atoms with Crippen molar-refractivity contribution in [3.05, 3.63) is 47.3 Å². The molecule has 3 amide bonds. The molecule has 8 nitrogen and oxygen atoms in total. The highest BCUT2D eigenvalue weighted by Gasteiger charge is 2.32. The number of carbonyl (C=O) groups excluding carboxylic acids is 3. The van der Waals surface area contributed by atoms with E-state index in [4.69, 9.17) is 0 Å². The summed E-state index contributed by atoms with van der Waals surface area (Å²) in [5, 5.41) is 5.60. The molecule has 1 saturated heterocycles. The molecule has 0 aliphatic carbocycles. The van der Waals surface area contributed by atoms with Crippen molar-refractivity contribution in [1.82, 2.24) is 14.8 Å². The van der Waals surface area contributed by atoms with Crippen LogP contribution >= 0.6 is 0 Å². The minimum Gasteiger partial charge on any atom is -0.353 e. The number of carbonyl (C=O) groups is 3. The van der Waals surface area contributed by atoms with E-state index in [0.29, 0.717) is 31.6 Å². The van der Waals surface area contributed by atoms with Crippen LogP contribution in [0, 0.1) is 0 Å². The van der Waals surface area contributed by atoms with E-state index in [9.17, 15) is 14.4 Å². The molecule has 4 heterocycles. The summed E-state index contributed by atoms with van der Waals surface area (Å²) in [4.78, 5) is 41.5. The van der Waals surface area contributed by atoms with Gasteiger partial charge in [-0.05, 0) is 74.2 Å². The molecule has 3 aliphatic rings. The second kappa shape index (κ2) is 8.43. The molecule has 3 aliphatic heterocycles. The van der Waals surface area contributed by atoms with Crippen molar-refractivity contribution in [3.63, 3.8) is 0 Å². The summed E-state index contributed by atoms with van der Waals surface area (Å²) in [6, 6.07) is 7.90. The number of hydrogen-bond donors (Lipinski definition) is 2. The van der Waals surface area contributed by atoms with E-state index in [-0.39, 0.29) is 11.9 Å². The zero-order valence-corrected chi connectivity index (χ0v) is 18.4. The third kappa shape index (κ3) is 3.79. The minimum absolute atomic E-state index is 0.0437. The summed E-state index contributed by atoms with van der Waals surface area (Å²) in [5.74, 6) is -1.13. The largest absolute Gasteiger partial charge is 0.353 e. The number of aryl methyl sites for hydroxylation is 2. The lowest BCUT2D eigenvalue weighted by atomic mass is 9.98. The molecule has 32 heavy (non-hydrogen) atoms. The number of likely N-dealkylation sites (tertiary alicyclic amines) is 1. The van der Waals surface area contributed by atoms with Gasteiger partial charge in [-0.1, -0.05) is 0 Å². The Morgan fingerprint density at radius 2 is 1.78 bits per heavy atom. The normalized spacial score (nSPS) is 18.5. The van der Waals surface area contributed by atoms with Crippen LogP contribution in [0.5, 0.6) is 0 Å². The maximum atomic E-state index is 12.6. The molecule has 0 bridgehead atoms. The summed E-state index contributed by atoms with van der Waals surface area (Å²) in [7, 11) is 2.00. The van der Waals surface area contributed by atoms with Gasteiger partial charge in [0.25, 0.3) is 0 Å². The van der Waals surface area contributed by atoms with Crippen molar-refractivity contribution in [2.24, 2.45) is 7.05 Å². The molecule has 5 rings (SSSR count). The van der Waals surface area contributed by atoms with Crippen LogP contribution in [0.4, 0.5) is 11.4 Å². The predicted molar refractivity (Wildman–Crippen MR) is 121 cm³/mol. The molecule has 1 fully saturated rings. The van der Waals surface area contributed by atoms with Crippen molar-refractivity contribution < 1.29 is 14.4 Å². The first-order valence-electron chi connectivity index (χ1n) is 11.4. The topological polar surface area (TPSA) is 86.7 Å². The number of rotatable bonds is 5. The van der Waals surface area contributed by atoms with E-state index < -0.39 is 11.8 Å². The van der Waals surface area contributed by atoms with Gasteiger partial charge < -0.3 is 20.1 Å². The molecule has 1 atom stereocenters. The van der Waals surface area contributed by atoms with Crippen LogP contribution < -0.4 is 15.5 Å². The van der Waals surface area contributed by atoms with Crippen LogP contribution in [0.15, 0.2) is 30.5 Å². The smallest absolute Gasteiger partial charge is 0.313 e. The molecular formula is C24H29N5O3. The average molecular weight is 436 g/mol. The lowest BCUT2D eigenvalue weighted by Gasteiger charge is -2.28. The zero-order valence-electron chi connectivity index (χ0n) is 18.4. The molecule has 2 aromatic rings. The first-order chi connectivity index (χ1) is 15.5. The monoisotopic (exact) mass is 435 g/mol. The van der Waals surface area contributed by atoms with Gasteiger partial charge in [0, 0.05) is 44.1 Å². The predicted octanol–water partition coefficient (Wildman–Crippen LogP) is 1.75. The molecule has 0 radical (unpaired) electrons. The molecule has 0 saturated carbocycles. The summed E-state index contributed by atoms with van der Waals surface area (Å²) >= 11 is 0. The SMILES string of the molecule is Cn1cccc1[C@H](CNC(=O)C(=O)Nc1cc2c3c(c1)CCN3C(=O)CC2)N1CCCC1. The molecule has 0 spiro atoms. The van der Waals surface area contributed by atoms with E-state index in [1.54, 1.807) is 0 Å². The highest BCUT2D eigenvalue weighted by molar-refractivity contribution is 6.39. The fourth-order valence-corrected chi connectivity index (χ4v) is 5.28. The van der Waals surface area contributed by atoms with Gasteiger partial charge in [0.2, 0.25) is 5.91 Å². The minimum atomic E-state index is -0.661. The van der Waals surface area contributed by atoms with Crippen LogP contribution in [-0.4, -0.2) is 53.4 Å². The zero-order chi connectivity index (χ0) is 22.2. The molecule has 8 heteroatoms. The van der Waals surface area contributed by atoms with E-state index in [1.807, 2.05) is 36.3 Å². The van der Waals surface area contributed by atoms with Crippen LogP contribution in [-0.2, 0) is 34.3 Å². The van der Waals surface area contributed by atoms with E-state index in [1.165, 1.54) is 0 Å². The van der Waals surface area contributed by atoms with Crippen molar-refractivity contribution >= 4 is 29.1 Å². The Morgan fingerprint density at radius 1 is 1.03 bits per heavy atom. The Balaban J connectivity index is 1.25. The Labute approximate surface area is 187 Å². The van der Waals surface area contributed by atoms with Gasteiger partial charge in [-0.25, -0.2) is 0 Å². The van der Waals surface area contributed by atoms with Gasteiger partial charge in [0.05, 0.1) is 11.7 Å². The number of benzene rings is 1. The molecule has 2 N–H and O–H groups in total. The quantitative estimate of drug-likeness (QED) is 0.701. The van der Waals surface area contributed by atoms with Gasteiger partial charge in [-0.15, -0.1) is 0 Å². The van der Waals surface area contributed by atoms with Crippen molar-refractivity contribution in [2.45, 2.75) is 38.1 Å². The Kier molecular flexibility index (Phi) is 5.46. The van der Waals surface area contributed by atoms with Gasteiger partial charge >= 0.3 is 11.8 Å². The lowest BCUT2D eigenvalue weighted by Crippen LogP contribution is -2.41. The van der Waals surface area contributed by atoms with E-state index >= 15 is 0 Å². The number of anilines is 2. The number of aromatic nitrogens is 1. The molecule has 1 aromatic heterocycles. The van der Waals surface area contributed by atoms with Gasteiger partial charge in [0.15, 0.2) is 0 Å². The Hall–Kier alpha value is -3.13. The highest BCUT2D eigenvalue weighted by atomic mass is 16.2. The van der Waals surface area contributed by atoms with Crippen LogP contribution in [0.1, 0.15) is 42.1 Å². The fourth-order valence-electron chi connectivity index (χ4n) is 5.28. The first kappa shape index (κ1) is 20.8. The highest BCUT2D eigenvalue weighted by Crippen LogP contribution is 2.38. The van der Waals surface area contributed by atoms with Crippen LogP contribution in [0.25, 0.3) is 0 Å². The molecular weight excluding hydrogens is 406 g/mol. The summed E-state index contributed by atoms with van der Waals surface area (Å²) in [6.07, 6.45) is 6.24. The maximum absolute atomic E-state index is 12.6. The first-order valence-corrected chi connectivity index (χ1v) is 11.4. The number of nitrogens with zero attached hydrogens (tertiary/aromatic N) is 3. The van der Waals surface area contributed by atoms with Gasteiger partial charge in [-0.2, -0.15) is 0 Å². The standard InChI is InChI=1S/C24H29N5O3/c1-27-9-4-5-19(27)20(28-10-2-3-11-28)15-25-23(31)24(32)26-18-13-16-6-7-21(30)29-12-8-17(14-18)22(16)29/h4-5,9,13-14,20H,2-3,6-8,10-12,15H2,1H3,(H,25,31)(H,26,32)/t20-/m0/s1. The third-order valence-electron chi connectivity index (χ3n) is 6.88. The van der Waals surface area contributed by atoms with Gasteiger partial charge in [0.1, 0.15) is 0 Å². The average Bonchev–Trinajstić information content (AvgIpc) is 3.53. The van der Waals surface area contributed by atoms with Crippen molar-refractivity contribution in [1.29, 1.82) is 0 Å². The van der Waals surface area contributed by atoms with Crippen LogP contribution in [0.3, 0.4) is 0 Å². The maximum Gasteiger partial charge on any atom is 0.313 e. The summed E-state index contributed by atoms with van der Waals surface area (Å²) in [6.45, 7) is 3.07. The Bertz CT molecular complexity index is 1070. The lowest BCUT2D eigenvalue weighted by molar-refractivity contribution is -0.136. The third-order valence-corrected chi connectivity index (χ3v) is 6.88. The molecule has 0 unspecified atom stereocenters. The molecule has 168 valence electrons. The van der Waals surface area contributed by atoms with Crippen molar-refractivity contribution in [2.75, 3.05) is 36.4 Å². The van der Waals surface area contributed by atoms with E-state index in [0.717, 1.165) is 54.9 Å². The summed E-state index contributed by atoms with van der Waals surface area (Å²) in [5.41, 5.74) is 4.87. The second-order valence-electron chi connectivity index (χ2n) is 8.91. The summed E-state index contributed by atoms with van der Waals surface area (Å²) < 4.78 is 2.07. The van der Waals surface area contributed by atoms with Crippen molar-refractivity contribution in [3.8, 4) is 0 Å². The van der Waals surface area contributed by atoms with E-state index in [2.05, 4.69) is 26.2 Å². The number of nitrogens with one attached hydrogen (secondary N) is 2. The van der Waals surface area contributed by atoms with Crippen LogP contribution in [0.2, 0.25) is 0 Å². The second-order valence-corrected chi connectivity index (χ2v) is 8.91. The number of hydrogen-bond acceptors (Lipinski definition) is 4. The Morgan fingerprint density at radius 3 is 2.50 bits per heavy atom. The fraction of sp³-hybridized carbons (Fsp3) is 0.458. The number of amides is 3. The molecule has 1 aromatic carbocycles. The van der Waals surface area contributed by atoms with Gasteiger partial charge in [-0.3, -0.25) is 19.3 Å².